The van der Waals surface area contributed by atoms with E-state index in [9.17, 15) is 4.79 Å². The van der Waals surface area contributed by atoms with Crippen molar-refractivity contribution in [3.8, 4) is 0 Å². The zero-order chi connectivity index (χ0) is 13.0. The summed E-state index contributed by atoms with van der Waals surface area (Å²) in [5.74, 6) is 0.00991. The lowest BCUT2D eigenvalue weighted by molar-refractivity contribution is -0.127. The summed E-state index contributed by atoms with van der Waals surface area (Å²) in [5, 5.41) is 3.10. The van der Waals surface area contributed by atoms with E-state index in [1.54, 1.807) is 0 Å². The van der Waals surface area contributed by atoms with Gasteiger partial charge in [0.2, 0.25) is 5.91 Å². The maximum absolute atomic E-state index is 12.3. The van der Waals surface area contributed by atoms with Crippen molar-refractivity contribution in [3.05, 3.63) is 35.9 Å². The van der Waals surface area contributed by atoms with E-state index in [1.807, 2.05) is 30.3 Å². The predicted molar refractivity (Wildman–Crippen MR) is 73.0 cm³/mol. The minimum Gasteiger partial charge on any atom is -0.348 e. The maximum atomic E-state index is 12.3. The Morgan fingerprint density at radius 2 is 1.94 bits per heavy atom. The van der Waals surface area contributed by atoms with Gasteiger partial charge in [0.05, 0.1) is 11.6 Å². The number of carbonyl (C=O) groups is 1. The number of rotatable bonds is 4. The highest BCUT2D eigenvalue weighted by Gasteiger charge is 2.37. The first kappa shape index (κ1) is 13.1. The molecule has 3 N–H and O–H groups in total. The van der Waals surface area contributed by atoms with E-state index in [1.165, 1.54) is 0 Å². The Morgan fingerprint density at radius 3 is 2.50 bits per heavy atom. The zero-order valence-corrected chi connectivity index (χ0v) is 11.0. The molecule has 0 aromatic heterocycles. The molecule has 1 unspecified atom stereocenters. The Bertz CT molecular complexity index is 396. The van der Waals surface area contributed by atoms with E-state index in [-0.39, 0.29) is 11.9 Å². The second-order valence-electron chi connectivity index (χ2n) is 5.21. The summed E-state index contributed by atoms with van der Waals surface area (Å²) in [6, 6.07) is 10.1. The van der Waals surface area contributed by atoms with Gasteiger partial charge in [-0.3, -0.25) is 4.79 Å². The molecule has 1 atom stereocenters. The van der Waals surface area contributed by atoms with Crippen LogP contribution in [0.5, 0.6) is 0 Å². The number of hydrogen-bond acceptors (Lipinski definition) is 2. The van der Waals surface area contributed by atoms with E-state index in [0.717, 1.165) is 37.7 Å². The first-order valence-electron chi connectivity index (χ1n) is 6.80. The Balaban J connectivity index is 2.05. The van der Waals surface area contributed by atoms with Crippen molar-refractivity contribution in [2.75, 3.05) is 0 Å². The summed E-state index contributed by atoms with van der Waals surface area (Å²) in [5.41, 5.74) is 6.68. The molecule has 3 nitrogen and oxygen atoms in total. The van der Waals surface area contributed by atoms with Crippen molar-refractivity contribution in [2.24, 2.45) is 5.73 Å². The van der Waals surface area contributed by atoms with Gasteiger partial charge in [-0.1, -0.05) is 50.1 Å². The molecule has 2 rings (SSSR count). The molecule has 0 bridgehead atoms. The summed E-state index contributed by atoms with van der Waals surface area (Å²) in [6.45, 7) is 2.08. The van der Waals surface area contributed by atoms with Crippen LogP contribution in [0.3, 0.4) is 0 Å². The van der Waals surface area contributed by atoms with Crippen molar-refractivity contribution in [1.29, 1.82) is 0 Å². The SMILES string of the molecule is CCC(NC(=O)C1(N)CCCC1)c1ccccc1. The Labute approximate surface area is 109 Å². The second kappa shape index (κ2) is 5.53. The lowest BCUT2D eigenvalue weighted by Crippen LogP contribution is -2.52. The highest BCUT2D eigenvalue weighted by molar-refractivity contribution is 5.86. The van der Waals surface area contributed by atoms with Crippen LogP contribution in [-0.4, -0.2) is 11.4 Å². The van der Waals surface area contributed by atoms with E-state index < -0.39 is 5.54 Å². The summed E-state index contributed by atoms with van der Waals surface area (Å²) in [6.07, 6.45) is 4.62. The van der Waals surface area contributed by atoms with E-state index in [4.69, 9.17) is 5.73 Å². The Hall–Kier alpha value is -1.35. The molecule has 1 aromatic carbocycles. The van der Waals surface area contributed by atoms with Crippen LogP contribution in [0.2, 0.25) is 0 Å². The molecule has 98 valence electrons. The van der Waals surface area contributed by atoms with Gasteiger partial charge in [-0.2, -0.15) is 0 Å². The van der Waals surface area contributed by atoms with Gasteiger partial charge in [-0.05, 0) is 24.8 Å². The molecule has 1 aromatic rings. The highest BCUT2D eigenvalue weighted by Crippen LogP contribution is 2.28. The molecule has 1 aliphatic carbocycles. The third kappa shape index (κ3) is 2.72. The first-order valence-corrected chi connectivity index (χ1v) is 6.80. The molecule has 1 aliphatic rings. The lowest BCUT2D eigenvalue weighted by atomic mass is 9.96. The van der Waals surface area contributed by atoms with E-state index >= 15 is 0 Å². The third-order valence-corrected chi connectivity index (χ3v) is 3.86. The lowest BCUT2D eigenvalue weighted by Gasteiger charge is -2.26. The van der Waals surface area contributed by atoms with Gasteiger partial charge in [-0.15, -0.1) is 0 Å². The zero-order valence-electron chi connectivity index (χ0n) is 11.0. The average Bonchev–Trinajstić information content (AvgIpc) is 2.85. The van der Waals surface area contributed by atoms with Gasteiger partial charge < -0.3 is 11.1 Å². The van der Waals surface area contributed by atoms with E-state index in [0.29, 0.717) is 0 Å². The molecule has 3 heteroatoms. The van der Waals surface area contributed by atoms with Crippen LogP contribution in [0.4, 0.5) is 0 Å². The molecule has 1 saturated carbocycles. The standard InChI is InChI=1S/C15H22N2O/c1-2-13(12-8-4-3-5-9-12)17-14(18)15(16)10-6-7-11-15/h3-5,8-9,13H,2,6-7,10-11,16H2,1H3,(H,17,18). The first-order chi connectivity index (χ1) is 8.65. The van der Waals surface area contributed by atoms with Gasteiger partial charge in [0.1, 0.15) is 0 Å². The minimum atomic E-state index is -0.637. The second-order valence-corrected chi connectivity index (χ2v) is 5.21. The third-order valence-electron chi connectivity index (χ3n) is 3.86. The quantitative estimate of drug-likeness (QED) is 0.857. The largest absolute Gasteiger partial charge is 0.348 e. The van der Waals surface area contributed by atoms with Crippen LogP contribution in [0.1, 0.15) is 50.6 Å². The summed E-state index contributed by atoms with van der Waals surface area (Å²) < 4.78 is 0. The number of nitrogens with one attached hydrogen (secondary N) is 1. The van der Waals surface area contributed by atoms with Crippen molar-refractivity contribution < 1.29 is 4.79 Å². The fourth-order valence-corrected chi connectivity index (χ4v) is 2.64. The maximum Gasteiger partial charge on any atom is 0.240 e. The molecule has 0 heterocycles. The minimum absolute atomic E-state index is 0.00991. The normalized spacial score (nSPS) is 19.4. The number of hydrogen-bond donors (Lipinski definition) is 2. The van der Waals surface area contributed by atoms with Crippen LogP contribution in [0.25, 0.3) is 0 Å². The number of amides is 1. The fourth-order valence-electron chi connectivity index (χ4n) is 2.64. The van der Waals surface area contributed by atoms with Gasteiger partial charge >= 0.3 is 0 Å². The molecule has 0 spiro atoms. The van der Waals surface area contributed by atoms with Crippen LogP contribution in [0.15, 0.2) is 30.3 Å². The van der Waals surface area contributed by atoms with Crippen LogP contribution < -0.4 is 11.1 Å². The number of nitrogens with two attached hydrogens (primary N) is 1. The van der Waals surface area contributed by atoms with Crippen molar-refractivity contribution in [2.45, 2.75) is 50.6 Å². The molecule has 0 aliphatic heterocycles. The van der Waals surface area contributed by atoms with Crippen LogP contribution in [-0.2, 0) is 4.79 Å². The Morgan fingerprint density at radius 1 is 1.33 bits per heavy atom. The highest BCUT2D eigenvalue weighted by atomic mass is 16.2. The van der Waals surface area contributed by atoms with Crippen LogP contribution in [0, 0.1) is 0 Å². The van der Waals surface area contributed by atoms with Crippen molar-refractivity contribution in [1.82, 2.24) is 5.32 Å². The smallest absolute Gasteiger partial charge is 0.240 e. The molecule has 18 heavy (non-hydrogen) atoms. The molecular formula is C15H22N2O. The van der Waals surface area contributed by atoms with Crippen molar-refractivity contribution in [3.63, 3.8) is 0 Å². The molecule has 1 fully saturated rings. The molecule has 0 radical (unpaired) electrons. The summed E-state index contributed by atoms with van der Waals surface area (Å²) >= 11 is 0. The molecule has 1 amide bonds. The summed E-state index contributed by atoms with van der Waals surface area (Å²) in [4.78, 5) is 12.3. The van der Waals surface area contributed by atoms with E-state index in [2.05, 4.69) is 12.2 Å². The monoisotopic (exact) mass is 246 g/mol. The topological polar surface area (TPSA) is 55.1 Å². The number of carbonyl (C=O) groups excluding carboxylic acids is 1. The van der Waals surface area contributed by atoms with Crippen molar-refractivity contribution >= 4 is 5.91 Å². The molecular weight excluding hydrogens is 224 g/mol. The Kier molecular flexibility index (Phi) is 4.02. The van der Waals surface area contributed by atoms with Gasteiger partial charge in [0.15, 0.2) is 0 Å². The average molecular weight is 246 g/mol. The fraction of sp³-hybridized carbons (Fsp3) is 0.533. The molecule has 0 saturated heterocycles. The van der Waals surface area contributed by atoms with Gasteiger partial charge in [-0.25, -0.2) is 0 Å². The summed E-state index contributed by atoms with van der Waals surface area (Å²) in [7, 11) is 0. The van der Waals surface area contributed by atoms with Gasteiger partial charge in [0, 0.05) is 0 Å². The number of benzene rings is 1. The van der Waals surface area contributed by atoms with Crippen LogP contribution >= 0.6 is 0 Å². The predicted octanol–water partition coefficient (Wildman–Crippen LogP) is 2.53. The van der Waals surface area contributed by atoms with Gasteiger partial charge in [0.25, 0.3) is 0 Å².